The first-order valence-corrected chi connectivity index (χ1v) is 6.77. The molecule has 1 aliphatic rings. The Bertz CT molecular complexity index is 732. The van der Waals surface area contributed by atoms with Crippen LogP contribution in [-0.2, 0) is 0 Å². The SMILES string of the molecule is C=CCN(/C=N/C#N)C1=CC(C)(C)Oc2ccc(C#N)cc21. The second kappa shape index (κ2) is 6.15. The minimum atomic E-state index is -0.504. The number of nitriles is 2. The summed E-state index contributed by atoms with van der Waals surface area (Å²) in [4.78, 5) is 5.45. The van der Waals surface area contributed by atoms with E-state index in [2.05, 4.69) is 17.6 Å². The van der Waals surface area contributed by atoms with Crippen LogP contribution in [0.25, 0.3) is 5.70 Å². The fourth-order valence-electron chi connectivity index (χ4n) is 2.29. The molecule has 0 unspecified atom stereocenters. The summed E-state index contributed by atoms with van der Waals surface area (Å²) in [6, 6.07) is 7.40. The number of rotatable bonds is 4. The molecule has 0 saturated carbocycles. The molecule has 1 heterocycles. The fourth-order valence-corrected chi connectivity index (χ4v) is 2.29. The lowest BCUT2D eigenvalue weighted by atomic mass is 9.97. The summed E-state index contributed by atoms with van der Waals surface area (Å²) < 4.78 is 5.93. The van der Waals surface area contributed by atoms with Crippen molar-refractivity contribution in [2.75, 3.05) is 6.54 Å². The van der Waals surface area contributed by atoms with Crippen LogP contribution in [0.3, 0.4) is 0 Å². The number of ether oxygens (including phenoxy) is 1. The van der Waals surface area contributed by atoms with Crippen LogP contribution < -0.4 is 4.74 Å². The predicted molar refractivity (Wildman–Crippen MR) is 84.8 cm³/mol. The maximum Gasteiger partial charge on any atom is 0.207 e. The molecule has 1 aromatic rings. The van der Waals surface area contributed by atoms with E-state index in [0.717, 1.165) is 11.3 Å². The summed E-state index contributed by atoms with van der Waals surface area (Å²) in [6.07, 6.45) is 6.87. The van der Waals surface area contributed by atoms with Crippen LogP contribution in [0.5, 0.6) is 5.75 Å². The fraction of sp³-hybridized carbons (Fsp3) is 0.235. The van der Waals surface area contributed by atoms with Gasteiger partial charge in [-0.25, -0.2) is 0 Å². The van der Waals surface area contributed by atoms with Gasteiger partial charge in [-0.05, 0) is 38.1 Å². The van der Waals surface area contributed by atoms with Gasteiger partial charge >= 0.3 is 0 Å². The van der Waals surface area contributed by atoms with Crippen molar-refractivity contribution in [1.82, 2.24) is 4.90 Å². The Kier molecular flexibility index (Phi) is 4.29. The lowest BCUT2D eigenvalue weighted by Gasteiger charge is -2.34. The minimum Gasteiger partial charge on any atom is -0.483 e. The van der Waals surface area contributed by atoms with Crippen molar-refractivity contribution in [2.45, 2.75) is 19.4 Å². The van der Waals surface area contributed by atoms with Gasteiger partial charge in [-0.2, -0.15) is 15.5 Å². The van der Waals surface area contributed by atoms with Gasteiger partial charge in [0.05, 0.1) is 17.3 Å². The van der Waals surface area contributed by atoms with E-state index in [0.29, 0.717) is 17.9 Å². The van der Waals surface area contributed by atoms with E-state index in [1.165, 1.54) is 6.34 Å². The van der Waals surface area contributed by atoms with Crippen molar-refractivity contribution in [3.8, 4) is 18.0 Å². The molecule has 22 heavy (non-hydrogen) atoms. The Balaban J connectivity index is 2.58. The molecule has 110 valence electrons. The topological polar surface area (TPSA) is 72.4 Å². The van der Waals surface area contributed by atoms with Gasteiger partial charge in [-0.3, -0.25) is 0 Å². The molecule has 0 bridgehead atoms. The van der Waals surface area contributed by atoms with Crippen LogP contribution in [0.2, 0.25) is 0 Å². The van der Waals surface area contributed by atoms with E-state index in [9.17, 15) is 0 Å². The lowest BCUT2D eigenvalue weighted by Crippen LogP contribution is -2.33. The Morgan fingerprint density at radius 1 is 1.41 bits per heavy atom. The van der Waals surface area contributed by atoms with E-state index in [1.54, 1.807) is 35.4 Å². The average molecular weight is 292 g/mol. The molecule has 0 radical (unpaired) electrons. The molecule has 0 N–H and O–H groups in total. The maximum atomic E-state index is 9.10. The average Bonchev–Trinajstić information content (AvgIpc) is 2.49. The highest BCUT2D eigenvalue weighted by Crippen LogP contribution is 2.37. The van der Waals surface area contributed by atoms with Crippen LogP contribution in [0.1, 0.15) is 25.0 Å². The zero-order valence-electron chi connectivity index (χ0n) is 12.6. The number of hydrogen-bond donors (Lipinski definition) is 0. The van der Waals surface area contributed by atoms with Gasteiger partial charge in [0.25, 0.3) is 0 Å². The number of fused-ring (bicyclic) bond motifs is 1. The highest BCUT2D eigenvalue weighted by molar-refractivity contribution is 5.81. The zero-order valence-corrected chi connectivity index (χ0v) is 12.6. The van der Waals surface area contributed by atoms with E-state index in [1.807, 2.05) is 19.9 Å². The number of aliphatic imine (C=N–C) groups is 1. The second-order valence-electron chi connectivity index (χ2n) is 5.34. The normalized spacial score (nSPS) is 15.0. The summed E-state index contributed by atoms with van der Waals surface area (Å²) in [6.45, 7) is 8.11. The first-order chi connectivity index (χ1) is 10.5. The molecule has 1 aliphatic heterocycles. The maximum absolute atomic E-state index is 9.10. The first-order valence-electron chi connectivity index (χ1n) is 6.77. The van der Waals surface area contributed by atoms with E-state index >= 15 is 0 Å². The molecule has 0 saturated heterocycles. The van der Waals surface area contributed by atoms with Crippen LogP contribution >= 0.6 is 0 Å². The molecule has 1 aromatic carbocycles. The molecule has 0 atom stereocenters. The molecular weight excluding hydrogens is 276 g/mol. The summed E-state index contributed by atoms with van der Waals surface area (Å²) in [5.74, 6) is 0.695. The van der Waals surface area contributed by atoms with Crippen molar-refractivity contribution in [3.63, 3.8) is 0 Å². The van der Waals surface area contributed by atoms with Crippen molar-refractivity contribution in [1.29, 1.82) is 10.5 Å². The summed E-state index contributed by atoms with van der Waals surface area (Å²) in [7, 11) is 0. The Morgan fingerprint density at radius 3 is 2.82 bits per heavy atom. The summed E-state index contributed by atoms with van der Waals surface area (Å²) in [5, 5.41) is 17.8. The van der Waals surface area contributed by atoms with Crippen LogP contribution in [0.15, 0.2) is 41.9 Å². The van der Waals surface area contributed by atoms with Crippen molar-refractivity contribution in [3.05, 3.63) is 48.1 Å². The van der Waals surface area contributed by atoms with Gasteiger partial charge in [0.15, 0.2) is 0 Å². The van der Waals surface area contributed by atoms with Crippen molar-refractivity contribution >= 4 is 12.0 Å². The summed E-state index contributed by atoms with van der Waals surface area (Å²) >= 11 is 0. The molecule has 0 aliphatic carbocycles. The van der Waals surface area contributed by atoms with Crippen LogP contribution in [-0.4, -0.2) is 23.4 Å². The van der Waals surface area contributed by atoms with E-state index in [4.69, 9.17) is 15.3 Å². The molecule has 2 rings (SSSR count). The van der Waals surface area contributed by atoms with E-state index < -0.39 is 5.60 Å². The van der Waals surface area contributed by atoms with Gasteiger partial charge < -0.3 is 9.64 Å². The Morgan fingerprint density at radius 2 is 2.18 bits per heavy atom. The van der Waals surface area contributed by atoms with Crippen molar-refractivity contribution < 1.29 is 4.74 Å². The molecule has 0 aromatic heterocycles. The standard InChI is InChI=1S/C17H16N4O/c1-4-7-21(12-20-11-19)15-9-17(2,3)22-16-6-5-13(10-18)8-14(15)16/h4-6,8-9,12H,1,7H2,2-3H3/b20-12+. The monoisotopic (exact) mass is 292 g/mol. The number of benzene rings is 1. The Hall–Kier alpha value is -3.05. The molecule has 0 spiro atoms. The third-order valence-corrected chi connectivity index (χ3v) is 3.13. The minimum absolute atomic E-state index is 0.489. The second-order valence-corrected chi connectivity index (χ2v) is 5.34. The number of hydrogen-bond acceptors (Lipinski definition) is 4. The van der Waals surface area contributed by atoms with Gasteiger partial charge in [-0.15, -0.1) is 6.58 Å². The lowest BCUT2D eigenvalue weighted by molar-refractivity contribution is 0.156. The quantitative estimate of drug-likeness (QED) is 0.370. The molecule has 5 heteroatoms. The predicted octanol–water partition coefficient (Wildman–Crippen LogP) is 3.07. The largest absolute Gasteiger partial charge is 0.483 e. The van der Waals surface area contributed by atoms with E-state index in [-0.39, 0.29) is 0 Å². The van der Waals surface area contributed by atoms with Gasteiger partial charge in [0, 0.05) is 12.1 Å². The Labute approximate surface area is 130 Å². The van der Waals surface area contributed by atoms with Crippen LogP contribution in [0.4, 0.5) is 0 Å². The third kappa shape index (κ3) is 3.16. The summed E-state index contributed by atoms with van der Waals surface area (Å²) in [5.41, 5.74) is 1.67. The molecular formula is C17H16N4O. The number of nitrogens with zero attached hydrogens (tertiary/aromatic N) is 4. The molecule has 5 nitrogen and oxygen atoms in total. The third-order valence-electron chi connectivity index (χ3n) is 3.13. The highest BCUT2D eigenvalue weighted by Gasteiger charge is 2.28. The van der Waals surface area contributed by atoms with Gasteiger partial charge in [0.1, 0.15) is 17.7 Å². The first kappa shape index (κ1) is 15.3. The smallest absolute Gasteiger partial charge is 0.207 e. The van der Waals surface area contributed by atoms with Gasteiger partial charge in [0.2, 0.25) is 6.19 Å². The van der Waals surface area contributed by atoms with Gasteiger partial charge in [-0.1, -0.05) is 6.08 Å². The molecule has 0 amide bonds. The zero-order chi connectivity index (χ0) is 16.2. The molecule has 0 fully saturated rings. The highest BCUT2D eigenvalue weighted by atomic mass is 16.5. The van der Waals surface area contributed by atoms with Crippen LogP contribution in [0, 0.1) is 22.8 Å². The van der Waals surface area contributed by atoms with Crippen molar-refractivity contribution in [2.24, 2.45) is 4.99 Å².